The van der Waals surface area contributed by atoms with Gasteiger partial charge in [-0.2, -0.15) is 0 Å². The fourth-order valence-corrected chi connectivity index (χ4v) is 2.66. The Hall–Kier alpha value is -0.870. The molecule has 0 aliphatic heterocycles. The van der Waals surface area contributed by atoms with E-state index in [4.69, 9.17) is 10.5 Å². The molecule has 3 atom stereocenters. The summed E-state index contributed by atoms with van der Waals surface area (Å²) < 4.78 is 7.67. The normalized spacial score (nSPS) is 29.8. The van der Waals surface area contributed by atoms with Crippen molar-refractivity contribution in [1.82, 2.24) is 9.55 Å². The maximum absolute atomic E-state index is 5.94. The summed E-state index contributed by atoms with van der Waals surface area (Å²) in [5.74, 6) is 0. The Morgan fingerprint density at radius 1 is 1.62 bits per heavy atom. The Morgan fingerprint density at radius 3 is 2.81 bits per heavy atom. The molecular formula is C12H21N3O. The molecule has 0 bridgehead atoms. The Kier molecular flexibility index (Phi) is 2.80. The summed E-state index contributed by atoms with van der Waals surface area (Å²) in [5, 5.41) is 0. The van der Waals surface area contributed by atoms with Crippen LogP contribution < -0.4 is 5.73 Å². The van der Waals surface area contributed by atoms with Crippen LogP contribution >= 0.6 is 0 Å². The van der Waals surface area contributed by atoms with E-state index in [0.717, 1.165) is 12.1 Å². The summed E-state index contributed by atoms with van der Waals surface area (Å²) in [5.41, 5.74) is 7.20. The minimum absolute atomic E-state index is 0.0277. The van der Waals surface area contributed by atoms with E-state index in [-0.39, 0.29) is 11.5 Å². The van der Waals surface area contributed by atoms with Gasteiger partial charge < -0.3 is 15.0 Å². The summed E-state index contributed by atoms with van der Waals surface area (Å²) >= 11 is 0. The zero-order valence-electron chi connectivity index (χ0n) is 10.5. The number of nitrogens with zero attached hydrogens (tertiary/aromatic N) is 2. The lowest BCUT2D eigenvalue weighted by Crippen LogP contribution is -2.51. The minimum atomic E-state index is 0.0277. The van der Waals surface area contributed by atoms with Crippen LogP contribution in [0.1, 0.15) is 45.0 Å². The van der Waals surface area contributed by atoms with Crippen molar-refractivity contribution in [3.05, 3.63) is 18.2 Å². The van der Waals surface area contributed by atoms with E-state index in [1.807, 2.05) is 19.4 Å². The van der Waals surface area contributed by atoms with Crippen LogP contribution in [-0.4, -0.2) is 22.8 Å². The average Bonchev–Trinajstić information content (AvgIpc) is 2.65. The minimum Gasteiger partial charge on any atom is -0.381 e. The predicted molar refractivity (Wildman–Crippen MR) is 63.1 cm³/mol. The summed E-state index contributed by atoms with van der Waals surface area (Å²) in [4.78, 5) is 4.20. The van der Waals surface area contributed by atoms with Gasteiger partial charge in [0, 0.05) is 30.8 Å². The highest BCUT2D eigenvalue weighted by atomic mass is 16.5. The van der Waals surface area contributed by atoms with Crippen LogP contribution in [0.2, 0.25) is 0 Å². The molecule has 1 aliphatic carbocycles. The van der Waals surface area contributed by atoms with E-state index in [1.165, 1.54) is 0 Å². The molecule has 1 heterocycles. The van der Waals surface area contributed by atoms with Crippen molar-refractivity contribution in [3.8, 4) is 0 Å². The number of aromatic nitrogens is 2. The third kappa shape index (κ3) is 1.57. The maximum atomic E-state index is 5.94. The fraction of sp³-hybridized carbons (Fsp3) is 0.750. The van der Waals surface area contributed by atoms with Crippen molar-refractivity contribution in [1.29, 1.82) is 0 Å². The molecule has 4 nitrogen and oxygen atoms in total. The number of rotatable bonds is 3. The standard InChI is InChI=1S/C12H21N3O/c1-8(13)9-6-14-7-15(9)10-5-11(16-4)12(10,2)3/h6-8,10-11H,5,13H2,1-4H3/t8-,10?,11?/m0/s1. The lowest BCUT2D eigenvalue weighted by Gasteiger charge is -2.52. The molecule has 1 aromatic heterocycles. The molecule has 2 rings (SSSR count). The SMILES string of the molecule is COC1CC(n2cncc2[C@H](C)N)C1(C)C. The van der Waals surface area contributed by atoms with Crippen LogP contribution in [0.4, 0.5) is 0 Å². The number of nitrogens with two attached hydrogens (primary N) is 1. The quantitative estimate of drug-likeness (QED) is 0.851. The molecule has 1 saturated carbocycles. The van der Waals surface area contributed by atoms with Crippen molar-refractivity contribution in [2.75, 3.05) is 7.11 Å². The summed E-state index contributed by atoms with van der Waals surface area (Å²) in [6.07, 6.45) is 5.12. The predicted octanol–water partition coefficient (Wildman–Crippen LogP) is 1.89. The van der Waals surface area contributed by atoms with Crippen molar-refractivity contribution < 1.29 is 4.74 Å². The Bertz CT molecular complexity index is 370. The Labute approximate surface area is 96.8 Å². The van der Waals surface area contributed by atoms with Gasteiger partial charge in [0.2, 0.25) is 0 Å². The highest BCUT2D eigenvalue weighted by Gasteiger charge is 2.50. The summed E-state index contributed by atoms with van der Waals surface area (Å²) in [6, 6.07) is 0.473. The van der Waals surface area contributed by atoms with Crippen LogP contribution in [0.25, 0.3) is 0 Å². The maximum Gasteiger partial charge on any atom is 0.0951 e. The molecule has 0 saturated heterocycles. The number of ether oxygens (including phenoxy) is 1. The third-order valence-electron chi connectivity index (χ3n) is 3.91. The molecule has 16 heavy (non-hydrogen) atoms. The van der Waals surface area contributed by atoms with E-state index >= 15 is 0 Å². The van der Waals surface area contributed by atoms with Gasteiger partial charge in [-0.05, 0) is 13.3 Å². The second-order valence-corrected chi connectivity index (χ2v) is 5.31. The van der Waals surface area contributed by atoms with Gasteiger partial charge in [-0.15, -0.1) is 0 Å². The van der Waals surface area contributed by atoms with Gasteiger partial charge in [0.15, 0.2) is 0 Å². The summed E-state index contributed by atoms with van der Waals surface area (Å²) in [7, 11) is 1.78. The van der Waals surface area contributed by atoms with Crippen molar-refractivity contribution in [2.24, 2.45) is 11.1 Å². The van der Waals surface area contributed by atoms with Gasteiger partial charge in [0.25, 0.3) is 0 Å². The zero-order valence-corrected chi connectivity index (χ0v) is 10.5. The van der Waals surface area contributed by atoms with E-state index in [0.29, 0.717) is 12.1 Å². The molecule has 1 aliphatic rings. The average molecular weight is 223 g/mol. The van der Waals surface area contributed by atoms with Crippen LogP contribution in [0.5, 0.6) is 0 Å². The topological polar surface area (TPSA) is 53.1 Å². The lowest BCUT2D eigenvalue weighted by molar-refractivity contribution is -0.113. The third-order valence-corrected chi connectivity index (χ3v) is 3.91. The Morgan fingerprint density at radius 2 is 2.31 bits per heavy atom. The van der Waals surface area contributed by atoms with E-state index in [9.17, 15) is 0 Å². The van der Waals surface area contributed by atoms with Crippen molar-refractivity contribution in [2.45, 2.75) is 45.4 Å². The molecule has 0 radical (unpaired) electrons. The van der Waals surface area contributed by atoms with Crippen LogP contribution in [0, 0.1) is 5.41 Å². The van der Waals surface area contributed by atoms with Gasteiger partial charge >= 0.3 is 0 Å². The fourth-order valence-electron chi connectivity index (χ4n) is 2.66. The van der Waals surface area contributed by atoms with Gasteiger partial charge in [0.1, 0.15) is 0 Å². The summed E-state index contributed by atoms with van der Waals surface area (Å²) in [6.45, 7) is 6.47. The van der Waals surface area contributed by atoms with Gasteiger partial charge in [-0.3, -0.25) is 0 Å². The molecule has 0 spiro atoms. The highest BCUT2D eigenvalue weighted by Crippen LogP contribution is 2.51. The monoisotopic (exact) mass is 223 g/mol. The number of hydrogen-bond donors (Lipinski definition) is 1. The van der Waals surface area contributed by atoms with Crippen LogP contribution in [-0.2, 0) is 4.74 Å². The van der Waals surface area contributed by atoms with Crippen LogP contribution in [0.3, 0.4) is 0 Å². The second kappa shape index (κ2) is 3.86. The first-order valence-electron chi connectivity index (χ1n) is 5.78. The first kappa shape index (κ1) is 11.6. The molecule has 1 fully saturated rings. The molecule has 0 aromatic carbocycles. The number of methoxy groups -OCH3 is 1. The zero-order chi connectivity index (χ0) is 11.9. The Balaban J connectivity index is 2.24. The molecule has 2 unspecified atom stereocenters. The molecule has 1 aromatic rings. The molecule has 0 amide bonds. The van der Waals surface area contributed by atoms with E-state index < -0.39 is 0 Å². The molecular weight excluding hydrogens is 202 g/mol. The smallest absolute Gasteiger partial charge is 0.0951 e. The van der Waals surface area contributed by atoms with E-state index in [1.54, 1.807) is 7.11 Å². The van der Waals surface area contributed by atoms with E-state index in [2.05, 4.69) is 23.4 Å². The lowest BCUT2D eigenvalue weighted by atomic mass is 9.64. The molecule has 2 N–H and O–H groups in total. The second-order valence-electron chi connectivity index (χ2n) is 5.31. The van der Waals surface area contributed by atoms with Gasteiger partial charge in [-0.1, -0.05) is 13.8 Å². The van der Waals surface area contributed by atoms with Crippen molar-refractivity contribution >= 4 is 0 Å². The highest BCUT2D eigenvalue weighted by molar-refractivity contribution is 5.11. The van der Waals surface area contributed by atoms with Gasteiger partial charge in [-0.25, -0.2) is 4.98 Å². The largest absolute Gasteiger partial charge is 0.381 e. The first-order chi connectivity index (χ1) is 7.48. The van der Waals surface area contributed by atoms with Crippen LogP contribution in [0.15, 0.2) is 12.5 Å². The number of imidazole rings is 1. The van der Waals surface area contributed by atoms with Gasteiger partial charge in [0.05, 0.1) is 18.1 Å². The van der Waals surface area contributed by atoms with Crippen molar-refractivity contribution in [3.63, 3.8) is 0 Å². The molecule has 4 heteroatoms. The number of hydrogen-bond acceptors (Lipinski definition) is 3. The first-order valence-corrected chi connectivity index (χ1v) is 5.78. The molecule has 90 valence electrons.